The van der Waals surface area contributed by atoms with Gasteiger partial charge in [0.2, 0.25) is 5.91 Å². The number of carbonyl (C=O) groups excluding carboxylic acids is 2. The number of furan rings is 1. The molecule has 0 saturated heterocycles. The van der Waals surface area contributed by atoms with Gasteiger partial charge in [0, 0.05) is 5.69 Å². The van der Waals surface area contributed by atoms with Crippen LogP contribution in [0.2, 0.25) is 0 Å². The molecule has 2 amide bonds. The number of hydrogen-bond donors (Lipinski definition) is 2. The van der Waals surface area contributed by atoms with Gasteiger partial charge in [0.15, 0.2) is 5.76 Å². The Labute approximate surface area is 139 Å². The van der Waals surface area contributed by atoms with Gasteiger partial charge in [-0.2, -0.15) is 11.8 Å². The van der Waals surface area contributed by atoms with Crippen LogP contribution >= 0.6 is 11.8 Å². The van der Waals surface area contributed by atoms with E-state index in [0.717, 1.165) is 11.3 Å². The lowest BCUT2D eigenvalue weighted by atomic mass is 10.2. The van der Waals surface area contributed by atoms with Crippen molar-refractivity contribution in [2.45, 2.75) is 19.4 Å². The number of amides is 2. The molecule has 0 aliphatic heterocycles. The lowest BCUT2D eigenvalue weighted by Crippen LogP contribution is -2.44. The molecule has 6 heteroatoms. The van der Waals surface area contributed by atoms with Crippen LogP contribution in [0.25, 0.3) is 0 Å². The second-order valence-electron chi connectivity index (χ2n) is 5.14. The molecule has 0 aliphatic carbocycles. The Balaban J connectivity index is 2.02. The summed E-state index contributed by atoms with van der Waals surface area (Å²) in [5.41, 5.74) is 1.83. The minimum Gasteiger partial charge on any atom is -0.459 e. The van der Waals surface area contributed by atoms with Crippen molar-refractivity contribution in [2.24, 2.45) is 0 Å². The van der Waals surface area contributed by atoms with Crippen molar-refractivity contribution in [3.8, 4) is 0 Å². The van der Waals surface area contributed by atoms with Gasteiger partial charge in [-0.15, -0.1) is 0 Å². The average molecular weight is 332 g/mol. The molecule has 0 bridgehead atoms. The number of hydrogen-bond acceptors (Lipinski definition) is 4. The van der Waals surface area contributed by atoms with Crippen LogP contribution in [0.5, 0.6) is 0 Å². The summed E-state index contributed by atoms with van der Waals surface area (Å²) in [6, 6.07) is 10.1. The molecule has 5 nitrogen and oxygen atoms in total. The molecule has 2 aromatic rings. The van der Waals surface area contributed by atoms with Crippen LogP contribution < -0.4 is 10.6 Å². The van der Waals surface area contributed by atoms with Crippen LogP contribution in [-0.4, -0.2) is 29.9 Å². The number of thioether (sulfide) groups is 1. The van der Waals surface area contributed by atoms with Gasteiger partial charge in [0.1, 0.15) is 6.04 Å². The summed E-state index contributed by atoms with van der Waals surface area (Å²) in [5, 5.41) is 5.56. The van der Waals surface area contributed by atoms with E-state index in [1.807, 2.05) is 37.4 Å². The highest BCUT2D eigenvalue weighted by molar-refractivity contribution is 7.98. The predicted octanol–water partition coefficient (Wildman–Crippen LogP) is 3.08. The zero-order valence-corrected chi connectivity index (χ0v) is 14.0. The van der Waals surface area contributed by atoms with Crippen molar-refractivity contribution < 1.29 is 14.0 Å². The third-order valence-corrected chi connectivity index (χ3v) is 3.94. The van der Waals surface area contributed by atoms with Crippen LogP contribution in [0.15, 0.2) is 47.1 Å². The minimum atomic E-state index is -0.610. The summed E-state index contributed by atoms with van der Waals surface area (Å²) in [6.07, 6.45) is 3.94. The largest absolute Gasteiger partial charge is 0.459 e. The normalized spacial score (nSPS) is 11.7. The van der Waals surface area contributed by atoms with Gasteiger partial charge in [-0.05, 0) is 49.6 Å². The van der Waals surface area contributed by atoms with Crippen molar-refractivity contribution in [3.05, 3.63) is 54.0 Å². The van der Waals surface area contributed by atoms with Crippen LogP contribution in [0.4, 0.5) is 5.69 Å². The molecule has 0 fully saturated rings. The van der Waals surface area contributed by atoms with Crippen molar-refractivity contribution >= 4 is 29.3 Å². The molecule has 1 aromatic carbocycles. The summed E-state index contributed by atoms with van der Waals surface area (Å²) < 4.78 is 5.06. The standard InChI is InChI=1S/C17H20N2O3S/c1-12-5-7-13(8-6-12)18-16(20)14(9-11-23-2)19-17(21)15-4-3-10-22-15/h3-8,10,14H,9,11H2,1-2H3,(H,18,20)(H,19,21)/t14-/m1/s1. The van der Waals surface area contributed by atoms with E-state index in [9.17, 15) is 9.59 Å². The van der Waals surface area contributed by atoms with E-state index in [-0.39, 0.29) is 17.6 Å². The molecular formula is C17H20N2O3S. The average Bonchev–Trinajstić information content (AvgIpc) is 3.08. The fourth-order valence-corrected chi connectivity index (χ4v) is 2.48. The summed E-state index contributed by atoms with van der Waals surface area (Å²) >= 11 is 1.63. The maximum Gasteiger partial charge on any atom is 0.287 e. The van der Waals surface area contributed by atoms with Crippen LogP contribution in [0.1, 0.15) is 22.5 Å². The van der Waals surface area contributed by atoms with Gasteiger partial charge in [-0.25, -0.2) is 0 Å². The Hall–Kier alpha value is -2.21. The molecule has 1 atom stereocenters. The van der Waals surface area contributed by atoms with Gasteiger partial charge in [0.25, 0.3) is 5.91 Å². The summed E-state index contributed by atoms with van der Waals surface area (Å²) in [5.74, 6) is 0.343. The van der Waals surface area contributed by atoms with Gasteiger partial charge >= 0.3 is 0 Å². The van der Waals surface area contributed by atoms with Crippen LogP contribution in [-0.2, 0) is 4.79 Å². The molecule has 0 spiro atoms. The highest BCUT2D eigenvalue weighted by Crippen LogP contribution is 2.11. The number of anilines is 1. The zero-order valence-electron chi connectivity index (χ0n) is 13.2. The van der Waals surface area contributed by atoms with E-state index in [1.54, 1.807) is 23.9 Å². The number of benzene rings is 1. The first kappa shape index (κ1) is 17.1. The maximum atomic E-state index is 12.4. The zero-order chi connectivity index (χ0) is 16.7. The number of rotatable bonds is 7. The monoisotopic (exact) mass is 332 g/mol. The Morgan fingerprint density at radius 3 is 2.57 bits per heavy atom. The Kier molecular flexibility index (Phi) is 6.29. The second kappa shape index (κ2) is 8.43. The SMILES string of the molecule is CSCC[C@@H](NC(=O)c1ccco1)C(=O)Nc1ccc(C)cc1. The quantitative estimate of drug-likeness (QED) is 0.817. The molecule has 0 unspecified atom stereocenters. The van der Waals surface area contributed by atoms with Crippen molar-refractivity contribution in [3.63, 3.8) is 0 Å². The highest BCUT2D eigenvalue weighted by atomic mass is 32.2. The van der Waals surface area contributed by atoms with Crippen LogP contribution in [0, 0.1) is 6.92 Å². The van der Waals surface area contributed by atoms with Gasteiger partial charge in [0.05, 0.1) is 6.26 Å². The van der Waals surface area contributed by atoms with E-state index < -0.39 is 6.04 Å². The minimum absolute atomic E-state index is 0.197. The first-order chi connectivity index (χ1) is 11.1. The summed E-state index contributed by atoms with van der Waals surface area (Å²) in [4.78, 5) is 24.5. The predicted molar refractivity (Wildman–Crippen MR) is 92.8 cm³/mol. The number of carbonyl (C=O) groups is 2. The molecule has 0 radical (unpaired) electrons. The topological polar surface area (TPSA) is 71.3 Å². The Morgan fingerprint density at radius 2 is 1.96 bits per heavy atom. The van der Waals surface area contributed by atoms with E-state index >= 15 is 0 Å². The van der Waals surface area contributed by atoms with Crippen LogP contribution in [0.3, 0.4) is 0 Å². The summed E-state index contributed by atoms with van der Waals surface area (Å²) in [7, 11) is 0. The van der Waals surface area contributed by atoms with Crippen molar-refractivity contribution in [2.75, 3.05) is 17.3 Å². The van der Waals surface area contributed by atoms with Crippen molar-refractivity contribution in [1.82, 2.24) is 5.32 Å². The van der Waals surface area contributed by atoms with Gasteiger partial charge in [-0.1, -0.05) is 17.7 Å². The lowest BCUT2D eigenvalue weighted by molar-refractivity contribution is -0.118. The number of aryl methyl sites for hydroxylation is 1. The molecule has 23 heavy (non-hydrogen) atoms. The molecule has 1 heterocycles. The molecular weight excluding hydrogens is 312 g/mol. The molecule has 1 aromatic heterocycles. The van der Waals surface area contributed by atoms with E-state index in [4.69, 9.17) is 4.42 Å². The molecule has 0 aliphatic rings. The van der Waals surface area contributed by atoms with Crippen molar-refractivity contribution in [1.29, 1.82) is 0 Å². The third-order valence-electron chi connectivity index (χ3n) is 3.30. The smallest absolute Gasteiger partial charge is 0.287 e. The molecule has 2 rings (SSSR count). The second-order valence-corrected chi connectivity index (χ2v) is 6.13. The third kappa shape index (κ3) is 5.17. The van der Waals surface area contributed by atoms with Gasteiger partial charge < -0.3 is 15.1 Å². The van der Waals surface area contributed by atoms with E-state index in [2.05, 4.69) is 10.6 Å². The fraction of sp³-hybridized carbons (Fsp3) is 0.294. The fourth-order valence-electron chi connectivity index (χ4n) is 2.01. The lowest BCUT2D eigenvalue weighted by Gasteiger charge is -2.17. The molecule has 2 N–H and O–H groups in total. The molecule has 122 valence electrons. The Bertz CT molecular complexity index is 638. The Morgan fingerprint density at radius 1 is 1.22 bits per heavy atom. The van der Waals surface area contributed by atoms with Gasteiger partial charge in [-0.3, -0.25) is 9.59 Å². The van der Waals surface area contributed by atoms with E-state index in [0.29, 0.717) is 12.1 Å². The maximum absolute atomic E-state index is 12.4. The first-order valence-corrected chi connectivity index (χ1v) is 8.70. The highest BCUT2D eigenvalue weighted by Gasteiger charge is 2.22. The molecule has 0 saturated carbocycles. The first-order valence-electron chi connectivity index (χ1n) is 7.31. The summed E-state index contributed by atoms with van der Waals surface area (Å²) in [6.45, 7) is 1.98. The number of nitrogens with one attached hydrogen (secondary N) is 2. The van der Waals surface area contributed by atoms with E-state index in [1.165, 1.54) is 6.26 Å².